The predicted molar refractivity (Wildman–Crippen MR) is 141 cm³/mol. The number of nitrogens with two attached hydrogens (primary N) is 2. The van der Waals surface area contributed by atoms with Crippen molar-refractivity contribution in [3.8, 4) is 0 Å². The lowest BCUT2D eigenvalue weighted by molar-refractivity contribution is -0.0571. The van der Waals surface area contributed by atoms with Gasteiger partial charge in [-0.25, -0.2) is 19.9 Å². The number of aliphatic hydroxyl groups excluding tert-OH is 3. The van der Waals surface area contributed by atoms with Gasteiger partial charge < -0.3 is 50.2 Å². The molecule has 0 spiro atoms. The number of nitrogens with one attached hydrogen (secondary N) is 1. The molecule has 6 rings (SSSR count). The van der Waals surface area contributed by atoms with Crippen molar-refractivity contribution >= 4 is 52.6 Å². The standard InChI is InChI=1S/C20H25N10O9PS/c21-14-10-15(24-4-23-14)29(5-25-10)19-13(33)12(32)9(38-19)3-36-40(35,41)39-8-1-7(2-31)37-18(8)30-6-26-11-16(30)27-20(22)28-17(11)34/h4-9,12-13,18-19,31-33H,1-3H2,(H,35,41)(H2,21,23,24)(H3,22,27,28,34)/t7-,8-,9+,12-,13-,18+,19+,40?/m0/s1. The number of H-pyrrole nitrogens is 1. The van der Waals surface area contributed by atoms with E-state index in [0.717, 1.165) is 0 Å². The van der Waals surface area contributed by atoms with Crippen LogP contribution in [0.2, 0.25) is 0 Å². The van der Waals surface area contributed by atoms with E-state index in [1.165, 1.54) is 28.1 Å². The first-order valence-corrected chi connectivity index (χ1v) is 14.7. The van der Waals surface area contributed by atoms with Crippen LogP contribution in [0.25, 0.3) is 22.3 Å². The molecule has 21 heteroatoms. The number of imidazole rings is 2. The SMILES string of the molecule is Nc1nc2c(ncn2[C@@H]2O[C@H](CO)C[C@@H]2OP(O)(=S)OC[C@H]2O[C@@H](n3cnc4c(N)ncnc43)[C@@H](O)[C@H]2O)c(=O)[nH]1. The highest BCUT2D eigenvalue weighted by Gasteiger charge is 2.46. The average Bonchev–Trinajstić information content (AvgIpc) is 3.69. The molecule has 4 aromatic rings. The Morgan fingerprint density at radius 3 is 2.56 bits per heavy atom. The molecule has 41 heavy (non-hydrogen) atoms. The van der Waals surface area contributed by atoms with Gasteiger partial charge in [-0.15, -0.1) is 0 Å². The topological polar surface area (TPSA) is 277 Å². The van der Waals surface area contributed by atoms with Gasteiger partial charge in [0.25, 0.3) is 5.56 Å². The minimum atomic E-state index is -4.03. The van der Waals surface area contributed by atoms with Crippen LogP contribution in [0.15, 0.2) is 23.8 Å². The van der Waals surface area contributed by atoms with Crippen molar-refractivity contribution in [2.24, 2.45) is 0 Å². The first-order chi connectivity index (χ1) is 19.6. The second kappa shape index (κ2) is 10.6. The zero-order valence-electron chi connectivity index (χ0n) is 20.9. The molecule has 1 unspecified atom stereocenters. The number of hydrogen-bond donors (Lipinski definition) is 7. The molecule has 2 saturated heterocycles. The number of nitrogen functional groups attached to an aromatic ring is 2. The highest BCUT2D eigenvalue weighted by Crippen LogP contribution is 2.50. The van der Waals surface area contributed by atoms with E-state index in [4.69, 9.17) is 41.8 Å². The minimum Gasteiger partial charge on any atom is -0.394 e. The Labute approximate surface area is 233 Å². The first-order valence-electron chi connectivity index (χ1n) is 12.1. The van der Waals surface area contributed by atoms with Gasteiger partial charge >= 0.3 is 6.72 Å². The molecule has 2 fully saturated rings. The Bertz CT molecular complexity index is 1700. The van der Waals surface area contributed by atoms with Crippen LogP contribution in [0.3, 0.4) is 0 Å². The van der Waals surface area contributed by atoms with Gasteiger partial charge in [0, 0.05) is 6.42 Å². The van der Waals surface area contributed by atoms with Gasteiger partial charge in [-0.05, 0) is 11.8 Å². The van der Waals surface area contributed by atoms with E-state index in [1.54, 1.807) is 0 Å². The van der Waals surface area contributed by atoms with E-state index in [9.17, 15) is 25.0 Å². The Balaban J connectivity index is 1.16. The van der Waals surface area contributed by atoms with Gasteiger partial charge in [0.1, 0.15) is 36.3 Å². The molecular formula is C20H25N10O9PS. The molecule has 0 aliphatic carbocycles. The summed E-state index contributed by atoms with van der Waals surface area (Å²) in [6.07, 6.45) is -3.78. The van der Waals surface area contributed by atoms with E-state index in [-0.39, 0.29) is 41.6 Å². The number of hydrogen-bond acceptors (Lipinski definition) is 16. The maximum absolute atomic E-state index is 12.2. The molecule has 0 bridgehead atoms. The third-order valence-electron chi connectivity index (χ3n) is 6.74. The van der Waals surface area contributed by atoms with Gasteiger partial charge in [-0.3, -0.25) is 18.9 Å². The van der Waals surface area contributed by atoms with Crippen LogP contribution in [-0.2, 0) is 30.3 Å². The maximum Gasteiger partial charge on any atom is 0.325 e. The Morgan fingerprint density at radius 1 is 1.07 bits per heavy atom. The monoisotopic (exact) mass is 612 g/mol. The summed E-state index contributed by atoms with van der Waals surface area (Å²) in [7, 11) is 0. The summed E-state index contributed by atoms with van der Waals surface area (Å²) in [4.78, 5) is 45.7. The highest BCUT2D eigenvalue weighted by atomic mass is 32.5. The van der Waals surface area contributed by atoms with Gasteiger partial charge in [0.2, 0.25) is 5.95 Å². The lowest BCUT2D eigenvalue weighted by Gasteiger charge is -2.25. The van der Waals surface area contributed by atoms with Crippen LogP contribution in [-0.4, -0.2) is 103 Å². The number of anilines is 2. The van der Waals surface area contributed by atoms with E-state index in [1.807, 2.05) is 0 Å². The number of aromatic nitrogens is 8. The number of ether oxygens (including phenoxy) is 2. The second-order valence-corrected chi connectivity index (χ2v) is 12.2. The smallest absolute Gasteiger partial charge is 0.325 e. The molecule has 2 aliphatic rings. The molecule has 0 saturated carbocycles. The maximum atomic E-state index is 12.2. The van der Waals surface area contributed by atoms with E-state index in [2.05, 4.69) is 29.9 Å². The third-order valence-corrected chi connectivity index (χ3v) is 8.33. The molecule has 8 atom stereocenters. The molecule has 0 aromatic carbocycles. The van der Waals surface area contributed by atoms with E-state index < -0.39 is 61.9 Å². The summed E-state index contributed by atoms with van der Waals surface area (Å²) >= 11 is 5.21. The molecule has 6 heterocycles. The largest absolute Gasteiger partial charge is 0.394 e. The van der Waals surface area contributed by atoms with Crippen molar-refractivity contribution in [3.05, 3.63) is 29.3 Å². The predicted octanol–water partition coefficient (Wildman–Crippen LogP) is -2.36. The van der Waals surface area contributed by atoms with E-state index >= 15 is 0 Å². The van der Waals surface area contributed by atoms with Crippen LogP contribution in [0.4, 0.5) is 11.8 Å². The third kappa shape index (κ3) is 5.07. The van der Waals surface area contributed by atoms with Crippen LogP contribution >= 0.6 is 6.72 Å². The van der Waals surface area contributed by atoms with Gasteiger partial charge in [-0.1, -0.05) is 0 Å². The molecule has 220 valence electrons. The average molecular weight is 613 g/mol. The Morgan fingerprint density at radius 2 is 1.80 bits per heavy atom. The summed E-state index contributed by atoms with van der Waals surface area (Å²) in [5.74, 6) is -0.0172. The first kappa shape index (κ1) is 28.0. The number of rotatable bonds is 8. The number of nitrogens with zero attached hydrogens (tertiary/aromatic N) is 7. The fourth-order valence-electron chi connectivity index (χ4n) is 4.82. The summed E-state index contributed by atoms with van der Waals surface area (Å²) in [6, 6.07) is 0. The van der Waals surface area contributed by atoms with Crippen molar-refractivity contribution in [1.82, 2.24) is 39.0 Å². The molecule has 0 radical (unpaired) electrons. The highest BCUT2D eigenvalue weighted by molar-refractivity contribution is 8.07. The number of aliphatic hydroxyl groups is 3. The Kier molecular flexibility index (Phi) is 7.22. The van der Waals surface area contributed by atoms with Crippen molar-refractivity contribution in [1.29, 1.82) is 0 Å². The zero-order valence-corrected chi connectivity index (χ0v) is 22.6. The summed E-state index contributed by atoms with van der Waals surface area (Å²) in [5, 5.41) is 31.0. The van der Waals surface area contributed by atoms with Gasteiger partial charge in [0.15, 0.2) is 35.1 Å². The summed E-state index contributed by atoms with van der Waals surface area (Å²) < 4.78 is 25.7. The van der Waals surface area contributed by atoms with E-state index in [0.29, 0.717) is 5.52 Å². The summed E-state index contributed by atoms with van der Waals surface area (Å²) in [5.41, 5.74) is 11.6. The van der Waals surface area contributed by atoms with Gasteiger partial charge in [-0.2, -0.15) is 4.98 Å². The van der Waals surface area contributed by atoms with Crippen LogP contribution in [0.5, 0.6) is 0 Å². The minimum absolute atomic E-state index is 0.00557. The van der Waals surface area contributed by atoms with Crippen LogP contribution in [0.1, 0.15) is 18.9 Å². The molecule has 9 N–H and O–H groups in total. The van der Waals surface area contributed by atoms with Crippen LogP contribution < -0.4 is 17.0 Å². The fourth-order valence-corrected chi connectivity index (χ4v) is 6.27. The van der Waals surface area contributed by atoms with Crippen molar-refractivity contribution < 1.29 is 38.7 Å². The van der Waals surface area contributed by atoms with Crippen molar-refractivity contribution in [2.75, 3.05) is 24.7 Å². The lowest BCUT2D eigenvalue weighted by atomic mass is 10.1. The molecule has 19 nitrogen and oxygen atoms in total. The molecule has 0 amide bonds. The second-order valence-electron chi connectivity index (χ2n) is 9.38. The fraction of sp³-hybridized carbons (Fsp3) is 0.500. The molecular weight excluding hydrogens is 587 g/mol. The quantitative estimate of drug-likeness (QED) is 0.102. The molecule has 2 aliphatic heterocycles. The number of fused-ring (bicyclic) bond motifs is 2. The van der Waals surface area contributed by atoms with Gasteiger partial charge in [0.05, 0.1) is 32.0 Å². The summed E-state index contributed by atoms with van der Waals surface area (Å²) in [6.45, 7) is -4.84. The Hall–Kier alpha value is -3.17. The van der Waals surface area contributed by atoms with Crippen LogP contribution in [0, 0.1) is 0 Å². The number of aromatic amines is 1. The normalized spacial score (nSPS) is 29.9. The molecule has 4 aromatic heterocycles. The van der Waals surface area contributed by atoms with Crippen molar-refractivity contribution in [2.45, 2.75) is 49.4 Å². The lowest BCUT2D eigenvalue weighted by Crippen LogP contribution is -2.33. The zero-order chi connectivity index (χ0) is 29.1. The van der Waals surface area contributed by atoms with Crippen molar-refractivity contribution in [3.63, 3.8) is 0 Å².